The SMILES string of the molecule is CCN(CC)c1ccc(-c2nc3cc(NC(=O)/C=C/c4ccc(C(C)C)cc4)ccc3o2)cc1. The van der Waals surface area contributed by atoms with Crippen molar-refractivity contribution < 1.29 is 9.21 Å². The monoisotopic (exact) mass is 453 g/mol. The van der Waals surface area contributed by atoms with E-state index >= 15 is 0 Å². The summed E-state index contributed by atoms with van der Waals surface area (Å²) in [5.41, 5.74) is 6.43. The fraction of sp³-hybridized carbons (Fsp3) is 0.241. The van der Waals surface area contributed by atoms with Crippen LogP contribution < -0.4 is 10.2 Å². The summed E-state index contributed by atoms with van der Waals surface area (Å²) < 4.78 is 5.95. The van der Waals surface area contributed by atoms with Crippen LogP contribution >= 0.6 is 0 Å². The van der Waals surface area contributed by atoms with E-state index in [2.05, 4.69) is 67.2 Å². The van der Waals surface area contributed by atoms with Crippen LogP contribution in [0.15, 0.2) is 77.2 Å². The van der Waals surface area contributed by atoms with Crippen molar-refractivity contribution in [2.45, 2.75) is 33.6 Å². The predicted molar refractivity (Wildman–Crippen MR) is 141 cm³/mol. The largest absolute Gasteiger partial charge is 0.436 e. The van der Waals surface area contributed by atoms with E-state index in [1.165, 1.54) is 11.3 Å². The highest BCUT2D eigenvalue weighted by atomic mass is 16.3. The molecule has 0 aliphatic heterocycles. The van der Waals surface area contributed by atoms with Crippen LogP contribution in [0.25, 0.3) is 28.6 Å². The first-order chi connectivity index (χ1) is 16.5. The predicted octanol–water partition coefficient (Wildman–Crippen LogP) is 7.12. The molecule has 0 radical (unpaired) electrons. The number of fused-ring (bicyclic) bond motifs is 1. The summed E-state index contributed by atoms with van der Waals surface area (Å²) in [5.74, 6) is 0.859. The van der Waals surface area contributed by atoms with Gasteiger partial charge in [-0.25, -0.2) is 4.98 Å². The Morgan fingerprint density at radius 2 is 1.71 bits per heavy atom. The Bertz CT molecular complexity index is 1280. The number of aromatic nitrogens is 1. The van der Waals surface area contributed by atoms with Crippen molar-refractivity contribution in [1.82, 2.24) is 4.98 Å². The Kier molecular flexibility index (Phi) is 7.12. The highest BCUT2D eigenvalue weighted by molar-refractivity contribution is 6.02. The number of oxazole rings is 1. The molecule has 1 aromatic heterocycles. The van der Waals surface area contributed by atoms with E-state index in [1.54, 1.807) is 6.08 Å². The number of nitrogens with zero attached hydrogens (tertiary/aromatic N) is 2. The van der Waals surface area contributed by atoms with Crippen molar-refractivity contribution in [2.24, 2.45) is 0 Å². The fourth-order valence-electron chi connectivity index (χ4n) is 3.88. The second kappa shape index (κ2) is 10.4. The Morgan fingerprint density at radius 3 is 2.35 bits per heavy atom. The standard InChI is InChI=1S/C29H31N3O2/c1-5-32(6-2)25-15-12-23(13-16-25)29-31-26-19-24(14-17-27(26)34-29)30-28(33)18-9-21-7-10-22(11-8-21)20(3)4/h7-20H,5-6H2,1-4H3,(H,30,33)/b18-9+. The average Bonchev–Trinajstić information content (AvgIpc) is 3.28. The number of hydrogen-bond acceptors (Lipinski definition) is 4. The lowest BCUT2D eigenvalue weighted by Gasteiger charge is -2.20. The normalized spacial score (nSPS) is 11.4. The van der Waals surface area contributed by atoms with E-state index in [0.29, 0.717) is 28.6 Å². The third-order valence-corrected chi connectivity index (χ3v) is 5.93. The number of carbonyl (C=O) groups is 1. The lowest BCUT2D eigenvalue weighted by molar-refractivity contribution is -0.111. The molecule has 0 saturated carbocycles. The van der Waals surface area contributed by atoms with Gasteiger partial charge < -0.3 is 14.6 Å². The van der Waals surface area contributed by atoms with Crippen molar-refractivity contribution in [3.8, 4) is 11.5 Å². The molecule has 5 heteroatoms. The molecule has 0 fully saturated rings. The van der Waals surface area contributed by atoms with Crippen molar-refractivity contribution in [1.29, 1.82) is 0 Å². The van der Waals surface area contributed by atoms with E-state index in [0.717, 1.165) is 24.2 Å². The molecule has 0 unspecified atom stereocenters. The summed E-state index contributed by atoms with van der Waals surface area (Å²) in [4.78, 5) is 19.3. The number of amides is 1. The molecule has 4 aromatic rings. The second-order valence-electron chi connectivity index (χ2n) is 8.56. The van der Waals surface area contributed by atoms with Gasteiger partial charge in [-0.1, -0.05) is 38.1 Å². The molecule has 0 saturated heterocycles. The smallest absolute Gasteiger partial charge is 0.248 e. The molecule has 1 heterocycles. The minimum atomic E-state index is -0.192. The summed E-state index contributed by atoms with van der Waals surface area (Å²) in [6, 6.07) is 22.0. The fourth-order valence-corrected chi connectivity index (χ4v) is 3.88. The van der Waals surface area contributed by atoms with Gasteiger partial charge in [0.1, 0.15) is 5.52 Å². The molecule has 174 valence electrons. The van der Waals surface area contributed by atoms with E-state index in [9.17, 15) is 4.79 Å². The van der Waals surface area contributed by atoms with Gasteiger partial charge in [0.25, 0.3) is 0 Å². The quantitative estimate of drug-likeness (QED) is 0.289. The number of nitrogens with one attached hydrogen (secondary N) is 1. The highest BCUT2D eigenvalue weighted by Gasteiger charge is 2.11. The van der Waals surface area contributed by atoms with Gasteiger partial charge in [0.15, 0.2) is 5.58 Å². The van der Waals surface area contributed by atoms with Crippen LogP contribution in [-0.2, 0) is 4.79 Å². The van der Waals surface area contributed by atoms with Gasteiger partial charge in [0.05, 0.1) is 0 Å². The third kappa shape index (κ3) is 5.37. The molecule has 0 spiro atoms. The lowest BCUT2D eigenvalue weighted by atomic mass is 10.0. The number of carbonyl (C=O) groups excluding carboxylic acids is 1. The topological polar surface area (TPSA) is 58.4 Å². The minimum Gasteiger partial charge on any atom is -0.436 e. The summed E-state index contributed by atoms with van der Waals surface area (Å²) in [6.07, 6.45) is 3.36. The van der Waals surface area contributed by atoms with Gasteiger partial charge in [0.2, 0.25) is 11.8 Å². The van der Waals surface area contributed by atoms with Crippen LogP contribution in [0.3, 0.4) is 0 Å². The Hall–Kier alpha value is -3.86. The molecule has 0 bridgehead atoms. The number of hydrogen-bond donors (Lipinski definition) is 1. The van der Waals surface area contributed by atoms with Crippen molar-refractivity contribution in [3.05, 3.63) is 83.9 Å². The molecule has 0 atom stereocenters. The Labute approximate surface area is 201 Å². The maximum atomic E-state index is 12.4. The van der Waals surface area contributed by atoms with E-state index in [4.69, 9.17) is 4.42 Å². The summed E-state index contributed by atoms with van der Waals surface area (Å²) >= 11 is 0. The van der Waals surface area contributed by atoms with Gasteiger partial charge in [-0.15, -0.1) is 0 Å². The highest BCUT2D eigenvalue weighted by Crippen LogP contribution is 2.28. The van der Waals surface area contributed by atoms with Crippen molar-refractivity contribution >= 4 is 34.5 Å². The zero-order valence-electron chi connectivity index (χ0n) is 20.2. The first-order valence-corrected chi connectivity index (χ1v) is 11.8. The summed E-state index contributed by atoms with van der Waals surface area (Å²) in [6.45, 7) is 10.6. The molecule has 5 nitrogen and oxygen atoms in total. The van der Waals surface area contributed by atoms with Crippen LogP contribution in [-0.4, -0.2) is 24.0 Å². The van der Waals surface area contributed by atoms with Gasteiger partial charge in [0, 0.05) is 36.1 Å². The third-order valence-electron chi connectivity index (χ3n) is 5.93. The first-order valence-electron chi connectivity index (χ1n) is 11.8. The maximum absolute atomic E-state index is 12.4. The maximum Gasteiger partial charge on any atom is 0.248 e. The molecule has 0 aliphatic carbocycles. The molecule has 34 heavy (non-hydrogen) atoms. The van der Waals surface area contributed by atoms with E-state index < -0.39 is 0 Å². The average molecular weight is 454 g/mol. The van der Waals surface area contributed by atoms with Crippen LogP contribution in [0.1, 0.15) is 44.7 Å². The van der Waals surface area contributed by atoms with Crippen LogP contribution in [0.4, 0.5) is 11.4 Å². The molecule has 1 N–H and O–H groups in total. The lowest BCUT2D eigenvalue weighted by Crippen LogP contribution is -2.21. The first kappa shape index (κ1) is 23.3. The van der Waals surface area contributed by atoms with Gasteiger partial charge in [-0.05, 0) is 79.4 Å². The summed E-state index contributed by atoms with van der Waals surface area (Å²) in [7, 11) is 0. The second-order valence-corrected chi connectivity index (χ2v) is 8.56. The van der Waals surface area contributed by atoms with Gasteiger partial charge in [-0.2, -0.15) is 0 Å². The minimum absolute atomic E-state index is 0.192. The summed E-state index contributed by atoms with van der Waals surface area (Å²) in [5, 5.41) is 2.90. The van der Waals surface area contributed by atoms with E-state index in [1.807, 2.05) is 48.5 Å². The molecule has 3 aromatic carbocycles. The van der Waals surface area contributed by atoms with Crippen molar-refractivity contribution in [2.75, 3.05) is 23.3 Å². The van der Waals surface area contributed by atoms with Crippen LogP contribution in [0.5, 0.6) is 0 Å². The molecule has 1 amide bonds. The number of rotatable bonds is 8. The molecule has 4 rings (SSSR count). The van der Waals surface area contributed by atoms with Crippen LogP contribution in [0, 0.1) is 0 Å². The van der Waals surface area contributed by atoms with Crippen molar-refractivity contribution in [3.63, 3.8) is 0 Å². The van der Waals surface area contributed by atoms with Gasteiger partial charge >= 0.3 is 0 Å². The number of benzene rings is 3. The zero-order chi connectivity index (χ0) is 24.1. The Morgan fingerprint density at radius 1 is 1.00 bits per heavy atom. The van der Waals surface area contributed by atoms with Crippen LogP contribution in [0.2, 0.25) is 0 Å². The number of anilines is 2. The van der Waals surface area contributed by atoms with E-state index in [-0.39, 0.29) is 5.91 Å². The Balaban J connectivity index is 1.45. The molecular weight excluding hydrogens is 422 g/mol. The van der Waals surface area contributed by atoms with Gasteiger partial charge in [-0.3, -0.25) is 4.79 Å². The molecule has 0 aliphatic rings. The molecular formula is C29H31N3O2. The zero-order valence-corrected chi connectivity index (χ0v) is 20.2.